The van der Waals surface area contributed by atoms with Crippen LogP contribution in [0.5, 0.6) is 0 Å². The molecule has 13 nitrogen and oxygen atoms in total. The van der Waals surface area contributed by atoms with Crippen molar-refractivity contribution >= 4 is 170 Å². The normalized spacial score (nSPS) is 29.6. The van der Waals surface area contributed by atoms with E-state index in [1.54, 1.807) is 36.8 Å². The second-order valence-electron chi connectivity index (χ2n) is 32.8. The number of fused-ring (bicyclic) bond motifs is 6. The van der Waals surface area contributed by atoms with E-state index in [4.69, 9.17) is 108 Å². The number of aliphatic hydroxyl groups is 1. The van der Waals surface area contributed by atoms with Gasteiger partial charge in [0.15, 0.2) is 0 Å². The molecule has 6 aromatic rings. The molecule has 113 heavy (non-hydrogen) atoms. The molecular formula is C79H88B18F3N5O8. The number of rotatable bonds is 16. The maximum absolute atomic E-state index is 13.5. The maximum atomic E-state index is 13.5. The maximum Gasteiger partial charge on any atom is 0.309 e. The van der Waals surface area contributed by atoms with E-state index in [9.17, 15) is 32.3 Å². The Morgan fingerprint density at radius 3 is 1.01 bits per heavy atom. The number of Topliss-reactive ketones (excluding diaryl/α,β-unsaturated/α-hetero) is 1. The van der Waals surface area contributed by atoms with Crippen molar-refractivity contribution in [3.63, 3.8) is 0 Å². The number of allylic oxidation sites excluding steroid dienone is 3. The van der Waals surface area contributed by atoms with E-state index < -0.39 is 51.1 Å². The minimum absolute atomic E-state index is 0.00327. The quantitative estimate of drug-likeness (QED) is 0.0488. The number of halogens is 3. The number of hydrogen-bond acceptors (Lipinski definition) is 13. The predicted octanol–water partition coefficient (Wildman–Crippen LogP) is 7.52. The molecule has 5 N–H and O–H groups in total. The number of ketones is 1. The van der Waals surface area contributed by atoms with Gasteiger partial charge in [-0.05, 0) is 228 Å². The van der Waals surface area contributed by atoms with Gasteiger partial charge in [0.2, 0.25) is 0 Å². The molecular weight excluding hydrogens is 1400 g/mol. The number of hydrogen-bond donors (Lipinski definition) is 3. The number of pyridine rings is 3. The Morgan fingerprint density at radius 1 is 0.407 bits per heavy atom. The summed E-state index contributed by atoms with van der Waals surface area (Å²) >= 11 is 0. The average Bonchev–Trinajstić information content (AvgIpc) is 1.64. The molecule has 0 amide bonds. The van der Waals surface area contributed by atoms with Crippen LogP contribution in [0.3, 0.4) is 0 Å². The molecule has 3 aromatic carbocycles. The van der Waals surface area contributed by atoms with Crippen molar-refractivity contribution in [1.29, 1.82) is 0 Å². The Labute approximate surface area is 682 Å². The molecule has 0 spiro atoms. The van der Waals surface area contributed by atoms with Gasteiger partial charge >= 0.3 is 17.9 Å². The van der Waals surface area contributed by atoms with E-state index in [2.05, 4.69) is 45.3 Å². The number of nitrogens with two attached hydrogens (primary N) is 2. The molecule has 0 bridgehead atoms. The highest BCUT2D eigenvalue weighted by molar-refractivity contribution is 8.17. The van der Waals surface area contributed by atoms with E-state index in [0.29, 0.717) is 48.2 Å². The van der Waals surface area contributed by atoms with Gasteiger partial charge in [-0.15, -0.1) is 0 Å². The minimum atomic E-state index is -0.853. The number of benzene rings is 3. The first-order chi connectivity index (χ1) is 54.1. The number of carbonyl (C=O) groups is 4. The lowest BCUT2D eigenvalue weighted by molar-refractivity contribution is -0.145. The minimum Gasteiger partial charge on any atom is -0.462 e. The van der Waals surface area contributed by atoms with Crippen molar-refractivity contribution in [2.45, 2.75) is 128 Å². The Bertz CT molecular complexity index is 4110. The van der Waals surface area contributed by atoms with Crippen LogP contribution in [0.2, 0.25) is 0 Å². The lowest BCUT2D eigenvalue weighted by Crippen LogP contribution is -2.78. The van der Waals surface area contributed by atoms with E-state index >= 15 is 0 Å². The molecule has 552 valence electrons. The molecule has 3 saturated heterocycles. The summed E-state index contributed by atoms with van der Waals surface area (Å²) in [6, 6.07) is 31.7. The summed E-state index contributed by atoms with van der Waals surface area (Å²) < 4.78 is 57.4. The molecule has 3 aromatic heterocycles. The number of aromatic nitrogens is 3. The summed E-state index contributed by atoms with van der Waals surface area (Å²) in [5.74, 6) is 3.27. The summed E-state index contributed by atoms with van der Waals surface area (Å²) in [5, 5.41) is 7.00. The molecule has 15 rings (SSSR count). The SMILES string of the molecule is CO.C[C@H]1OC(=O)[C@@H]2C[C@@H]3CCC(=O)C[C@H]3[C@H](/C=C/c3ccc(-c4cccc(F)c4)cn3)[C@H]12.C[C@H]1OC(=O)[C@@H]2C[C@@H]3CC[C@@H](N)C[C@H]3[C@H](/C=C/c3ccc(-c4cccc(F)c4)cn3)[C@H]12.C[C@H]1OC(=O)[C@@H]2C[C@@H]3CC[C@H](N)C[C@H]3[C@H](/C=C/c3ccc(-c4cccc(F)c4)cn3)[C@H]12.[B]B([B])B(B([B])[B])B(B([B])[B])B(B([B])[B])B([B])[B]. The lowest BCUT2D eigenvalue weighted by Gasteiger charge is -2.47. The summed E-state index contributed by atoms with van der Waals surface area (Å²) in [5.41, 5.74) is 20.2. The van der Waals surface area contributed by atoms with Crippen LogP contribution < -0.4 is 11.5 Å². The van der Waals surface area contributed by atoms with Crippen LogP contribution in [0.15, 0.2) is 146 Å². The average molecular weight is 1490 g/mol. The van der Waals surface area contributed by atoms with Crippen molar-refractivity contribution in [1.82, 2.24) is 15.0 Å². The molecule has 20 radical (unpaired) electrons. The van der Waals surface area contributed by atoms with E-state index in [1.807, 2.05) is 81.4 Å². The molecule has 20 atom stereocenters. The van der Waals surface area contributed by atoms with Gasteiger partial charge in [-0.3, -0.25) is 34.1 Å². The van der Waals surface area contributed by atoms with Crippen molar-refractivity contribution in [3.05, 3.63) is 181 Å². The fourth-order valence-corrected chi connectivity index (χ4v) is 20.6. The summed E-state index contributed by atoms with van der Waals surface area (Å²) in [4.78, 5) is 63.2. The Balaban J connectivity index is 0.000000151. The number of esters is 3. The van der Waals surface area contributed by atoms with Gasteiger partial charge in [-0.2, -0.15) is 0 Å². The van der Waals surface area contributed by atoms with Gasteiger partial charge in [0.25, 0.3) is 0 Å². The smallest absolute Gasteiger partial charge is 0.309 e. The largest absolute Gasteiger partial charge is 0.462 e. The third-order valence-electron chi connectivity index (χ3n) is 25.8. The Kier molecular flexibility index (Phi) is 30.4. The van der Waals surface area contributed by atoms with Crippen LogP contribution in [-0.4, -0.2) is 210 Å². The van der Waals surface area contributed by atoms with Gasteiger partial charge in [-0.1, -0.05) is 72.8 Å². The van der Waals surface area contributed by atoms with E-state index in [1.165, 1.54) is 36.4 Å². The monoisotopic (exact) mass is 1490 g/mol. The van der Waals surface area contributed by atoms with Gasteiger partial charge in [0, 0.05) is 214 Å². The number of cyclic esters (lactones) is 3. The first-order valence-corrected chi connectivity index (χ1v) is 39.9. The highest BCUT2D eigenvalue weighted by Gasteiger charge is 2.57. The number of nitrogens with zero attached hydrogens (tertiary/aromatic N) is 3. The van der Waals surface area contributed by atoms with Crippen molar-refractivity contribution in [2.24, 2.45) is 100 Å². The number of ether oxygens (including phenoxy) is 3. The zero-order valence-electron chi connectivity index (χ0n) is 64.9. The topological polar surface area (TPSA) is 207 Å². The predicted molar refractivity (Wildman–Crippen MR) is 463 cm³/mol. The van der Waals surface area contributed by atoms with Crippen LogP contribution in [0, 0.1) is 106 Å². The molecule has 6 saturated carbocycles. The molecule has 34 heteroatoms. The van der Waals surface area contributed by atoms with Crippen LogP contribution in [-0.2, 0) is 33.4 Å². The third kappa shape index (κ3) is 21.0. The van der Waals surface area contributed by atoms with Crippen LogP contribution in [0.1, 0.15) is 115 Å². The summed E-state index contributed by atoms with van der Waals surface area (Å²) in [6.45, 7) is 6.03. The molecule has 9 fully saturated rings. The van der Waals surface area contributed by atoms with Crippen molar-refractivity contribution in [3.8, 4) is 33.4 Å². The third-order valence-corrected chi connectivity index (χ3v) is 25.8. The van der Waals surface area contributed by atoms with Gasteiger partial charge < -0.3 is 30.8 Å². The highest BCUT2D eigenvalue weighted by Crippen LogP contribution is 2.56. The lowest BCUT2D eigenvalue weighted by atomic mass is 8.41. The zero-order valence-corrected chi connectivity index (χ0v) is 64.9. The van der Waals surface area contributed by atoms with Crippen LogP contribution >= 0.6 is 0 Å². The Morgan fingerprint density at radius 2 is 0.717 bits per heavy atom. The van der Waals surface area contributed by atoms with Crippen molar-refractivity contribution < 1.29 is 51.7 Å². The van der Waals surface area contributed by atoms with Gasteiger partial charge in [0.1, 0.15) is 41.5 Å². The fraction of sp³-hybridized carbons (Fsp3) is 0.456. The first kappa shape index (κ1) is 87.1. The van der Waals surface area contributed by atoms with Gasteiger partial charge in [-0.25, -0.2) is 13.2 Å². The van der Waals surface area contributed by atoms with Crippen LogP contribution in [0.4, 0.5) is 13.2 Å². The standard InChI is InChI=1S/2C26H29FN2O2.C26H26FNO3.CH4O.B18/c2*1-15-25-22(23-13-20(28)7-5-17(23)12-24(25)26(30)31-15)10-9-21-8-6-18(14-29-21)16-3-2-4-19(27)11-16;1-15-25-22(23-13-21(29)9-6-17(23)12-24(25)26(30)31-15)10-8-20-7-5-18(14-28-20)16-3-2-4-19(27)11-16;1-2;1-11(2)16(12(3)4)18(15(9)10)17(13(5)6)14(7)8/h2*2-4,6,8-11,14-15,17,20,22-25H,5,7,12-13,28H2,1H3;2-5,7-8,10-11,14-15,17,22-25H,6,9,12-13H2,1H3;2H,1H3;/b2*10-9+;10-8+;;/t15-,17+,20+,22+,23-,24-,25+;15-,17+,20-,22+,23-,24-,25+;15-,17+,22+,23-,24-,25+;;/m111../s1. The number of carbonyl (C=O) groups excluding carboxylic acids is 4. The molecule has 6 heterocycles. The highest BCUT2D eigenvalue weighted by atomic mass is 19.1. The molecule has 0 unspecified atom stereocenters. The van der Waals surface area contributed by atoms with Crippen molar-refractivity contribution in [2.75, 3.05) is 7.11 Å². The zero-order chi connectivity index (χ0) is 81.2. The van der Waals surface area contributed by atoms with E-state index in [0.717, 1.165) is 122 Å². The number of aliphatic hydroxyl groups excluding tert-OH is 1. The fourth-order valence-electron chi connectivity index (χ4n) is 20.6. The molecule has 9 aliphatic rings. The molecule has 6 aliphatic carbocycles. The molecule has 3 aliphatic heterocycles. The second-order valence-corrected chi connectivity index (χ2v) is 32.8. The Hall–Kier alpha value is -6.75. The second kappa shape index (κ2) is 39.5. The summed E-state index contributed by atoms with van der Waals surface area (Å²) in [6.07, 6.45) is 22.9. The van der Waals surface area contributed by atoms with Gasteiger partial charge in [0.05, 0.1) is 34.8 Å². The first-order valence-electron chi connectivity index (χ1n) is 39.9. The summed E-state index contributed by atoms with van der Waals surface area (Å²) in [7, 11) is 57.7. The van der Waals surface area contributed by atoms with Crippen LogP contribution in [0.25, 0.3) is 51.6 Å². The van der Waals surface area contributed by atoms with E-state index in [-0.39, 0.29) is 125 Å².